The van der Waals surface area contributed by atoms with Crippen molar-refractivity contribution < 1.29 is 18.0 Å². The maximum atomic E-state index is 11.8. The Balaban J connectivity index is 1.76. The van der Waals surface area contributed by atoms with E-state index in [1.807, 2.05) is 0 Å². The van der Waals surface area contributed by atoms with Crippen molar-refractivity contribution in [2.24, 2.45) is 5.92 Å². The van der Waals surface area contributed by atoms with Gasteiger partial charge in [0.05, 0.1) is 24.0 Å². The van der Waals surface area contributed by atoms with Gasteiger partial charge in [0, 0.05) is 26.2 Å². The number of carbonyl (C=O) groups is 2. The van der Waals surface area contributed by atoms with Crippen molar-refractivity contribution in [3.05, 3.63) is 0 Å². The summed E-state index contributed by atoms with van der Waals surface area (Å²) in [5.74, 6) is -0.974. The van der Waals surface area contributed by atoms with E-state index in [-0.39, 0.29) is 29.9 Å². The SMILES string of the molecule is O=C(NCC(=O)N1CCNCC1)C1CCS(=O)(=O)C1. The third kappa shape index (κ3) is 3.90. The summed E-state index contributed by atoms with van der Waals surface area (Å²) in [5.41, 5.74) is 0. The van der Waals surface area contributed by atoms with Crippen LogP contribution in [0.15, 0.2) is 0 Å². The first-order chi connectivity index (χ1) is 8.98. The predicted molar refractivity (Wildman–Crippen MR) is 69.2 cm³/mol. The molecule has 2 heterocycles. The van der Waals surface area contributed by atoms with Crippen LogP contribution in [0.5, 0.6) is 0 Å². The third-order valence-corrected chi connectivity index (χ3v) is 5.25. The molecule has 2 N–H and O–H groups in total. The second-order valence-electron chi connectivity index (χ2n) is 4.95. The summed E-state index contributed by atoms with van der Waals surface area (Å²) in [6.45, 7) is 2.77. The Bertz CT molecular complexity index is 457. The smallest absolute Gasteiger partial charge is 0.242 e. The quantitative estimate of drug-likeness (QED) is 0.625. The number of amides is 2. The van der Waals surface area contributed by atoms with Crippen LogP contribution < -0.4 is 10.6 Å². The first-order valence-electron chi connectivity index (χ1n) is 6.44. The Morgan fingerprint density at radius 1 is 1.26 bits per heavy atom. The minimum absolute atomic E-state index is 0.0462. The van der Waals surface area contributed by atoms with Crippen molar-refractivity contribution in [1.82, 2.24) is 15.5 Å². The summed E-state index contributed by atoms with van der Waals surface area (Å²) < 4.78 is 22.5. The average Bonchev–Trinajstić information content (AvgIpc) is 2.77. The van der Waals surface area contributed by atoms with E-state index in [1.165, 1.54) is 0 Å². The van der Waals surface area contributed by atoms with Gasteiger partial charge in [-0.15, -0.1) is 0 Å². The van der Waals surface area contributed by atoms with Gasteiger partial charge in [0.1, 0.15) is 0 Å². The first-order valence-corrected chi connectivity index (χ1v) is 8.27. The summed E-state index contributed by atoms with van der Waals surface area (Å²) >= 11 is 0. The van der Waals surface area contributed by atoms with Gasteiger partial charge in [0.25, 0.3) is 0 Å². The fraction of sp³-hybridized carbons (Fsp3) is 0.818. The average molecular weight is 289 g/mol. The Hall–Kier alpha value is -1.15. The zero-order valence-electron chi connectivity index (χ0n) is 10.7. The highest BCUT2D eigenvalue weighted by Gasteiger charge is 2.33. The number of rotatable bonds is 3. The molecule has 2 rings (SSSR count). The van der Waals surface area contributed by atoms with Crippen molar-refractivity contribution in [2.45, 2.75) is 6.42 Å². The van der Waals surface area contributed by atoms with E-state index in [0.29, 0.717) is 19.5 Å². The van der Waals surface area contributed by atoms with Gasteiger partial charge >= 0.3 is 0 Å². The van der Waals surface area contributed by atoms with Crippen LogP contribution in [0.3, 0.4) is 0 Å². The molecule has 2 fully saturated rings. The number of carbonyl (C=O) groups excluding carboxylic acids is 2. The first kappa shape index (κ1) is 14.3. The highest BCUT2D eigenvalue weighted by molar-refractivity contribution is 7.91. The van der Waals surface area contributed by atoms with Crippen LogP contribution in [0.1, 0.15) is 6.42 Å². The fourth-order valence-corrected chi connectivity index (χ4v) is 4.08. The van der Waals surface area contributed by atoms with Crippen molar-refractivity contribution in [3.8, 4) is 0 Å². The number of nitrogens with zero attached hydrogens (tertiary/aromatic N) is 1. The van der Waals surface area contributed by atoms with E-state index >= 15 is 0 Å². The molecule has 0 spiro atoms. The van der Waals surface area contributed by atoms with Crippen molar-refractivity contribution in [1.29, 1.82) is 0 Å². The van der Waals surface area contributed by atoms with E-state index in [4.69, 9.17) is 0 Å². The molecule has 2 amide bonds. The number of nitrogens with one attached hydrogen (secondary N) is 2. The second-order valence-corrected chi connectivity index (χ2v) is 7.18. The number of hydrogen-bond acceptors (Lipinski definition) is 5. The van der Waals surface area contributed by atoms with Gasteiger partial charge in [-0.3, -0.25) is 9.59 Å². The Labute approximate surface area is 112 Å². The van der Waals surface area contributed by atoms with Gasteiger partial charge in [0.2, 0.25) is 11.8 Å². The Kier molecular flexibility index (Phi) is 4.41. The van der Waals surface area contributed by atoms with Crippen LogP contribution in [0, 0.1) is 5.92 Å². The monoisotopic (exact) mass is 289 g/mol. The fourth-order valence-electron chi connectivity index (χ4n) is 2.33. The molecule has 0 aromatic rings. The van der Waals surface area contributed by atoms with Crippen molar-refractivity contribution in [2.75, 3.05) is 44.2 Å². The molecule has 0 aromatic carbocycles. The highest BCUT2D eigenvalue weighted by atomic mass is 32.2. The lowest BCUT2D eigenvalue weighted by Gasteiger charge is -2.27. The molecule has 1 unspecified atom stereocenters. The van der Waals surface area contributed by atoms with Crippen molar-refractivity contribution >= 4 is 21.7 Å². The molecule has 19 heavy (non-hydrogen) atoms. The predicted octanol–water partition coefficient (Wildman–Crippen LogP) is -2.03. The lowest BCUT2D eigenvalue weighted by atomic mass is 10.1. The Morgan fingerprint density at radius 3 is 2.53 bits per heavy atom. The zero-order valence-corrected chi connectivity index (χ0v) is 11.5. The highest BCUT2D eigenvalue weighted by Crippen LogP contribution is 2.18. The number of piperazine rings is 1. The lowest BCUT2D eigenvalue weighted by Crippen LogP contribution is -2.50. The molecule has 108 valence electrons. The van der Waals surface area contributed by atoms with Gasteiger partial charge in [0.15, 0.2) is 9.84 Å². The molecule has 0 radical (unpaired) electrons. The number of sulfone groups is 1. The molecular weight excluding hydrogens is 270 g/mol. The zero-order chi connectivity index (χ0) is 13.9. The second kappa shape index (κ2) is 5.87. The molecule has 7 nitrogen and oxygen atoms in total. The van der Waals surface area contributed by atoms with Gasteiger partial charge in [-0.2, -0.15) is 0 Å². The third-order valence-electron chi connectivity index (χ3n) is 3.49. The molecule has 2 aliphatic rings. The molecule has 1 atom stereocenters. The summed E-state index contributed by atoms with van der Waals surface area (Å²) in [7, 11) is -3.06. The summed E-state index contributed by atoms with van der Waals surface area (Å²) in [4.78, 5) is 25.3. The topological polar surface area (TPSA) is 95.6 Å². The van der Waals surface area contributed by atoms with Crippen LogP contribution in [0.4, 0.5) is 0 Å². The van der Waals surface area contributed by atoms with E-state index in [1.54, 1.807) is 4.90 Å². The van der Waals surface area contributed by atoms with Crippen LogP contribution in [-0.4, -0.2) is 69.4 Å². The van der Waals surface area contributed by atoms with Crippen LogP contribution in [0.2, 0.25) is 0 Å². The lowest BCUT2D eigenvalue weighted by molar-refractivity contribution is -0.134. The molecule has 2 aliphatic heterocycles. The van der Waals surface area contributed by atoms with E-state index in [9.17, 15) is 18.0 Å². The van der Waals surface area contributed by atoms with Crippen LogP contribution in [-0.2, 0) is 19.4 Å². The molecule has 0 bridgehead atoms. The van der Waals surface area contributed by atoms with Gasteiger partial charge in [-0.25, -0.2) is 8.42 Å². The minimum Gasteiger partial charge on any atom is -0.347 e. The molecule has 8 heteroatoms. The normalized spacial score (nSPS) is 26.1. The maximum absolute atomic E-state index is 11.8. The summed E-state index contributed by atoms with van der Waals surface area (Å²) in [5, 5.41) is 5.68. The van der Waals surface area contributed by atoms with Gasteiger partial charge < -0.3 is 15.5 Å². The molecule has 0 aliphatic carbocycles. The standard InChI is InChI=1S/C11H19N3O4S/c15-10(14-4-2-12-3-5-14)7-13-11(16)9-1-6-19(17,18)8-9/h9,12H,1-8H2,(H,13,16). The summed E-state index contributed by atoms with van der Waals surface area (Å²) in [6, 6.07) is 0. The van der Waals surface area contributed by atoms with Crippen LogP contribution >= 0.6 is 0 Å². The Morgan fingerprint density at radius 2 is 1.95 bits per heavy atom. The molecule has 2 saturated heterocycles. The van der Waals surface area contributed by atoms with Gasteiger partial charge in [-0.1, -0.05) is 0 Å². The van der Waals surface area contributed by atoms with E-state index in [0.717, 1.165) is 13.1 Å². The maximum Gasteiger partial charge on any atom is 0.242 e. The van der Waals surface area contributed by atoms with E-state index < -0.39 is 15.8 Å². The van der Waals surface area contributed by atoms with E-state index in [2.05, 4.69) is 10.6 Å². The molecule has 0 saturated carbocycles. The van der Waals surface area contributed by atoms with Crippen LogP contribution in [0.25, 0.3) is 0 Å². The summed E-state index contributed by atoms with van der Waals surface area (Å²) in [6.07, 6.45) is 0.357. The minimum atomic E-state index is -3.06. The molecular formula is C11H19N3O4S. The number of hydrogen-bond donors (Lipinski definition) is 2. The van der Waals surface area contributed by atoms with Gasteiger partial charge in [-0.05, 0) is 6.42 Å². The molecule has 0 aromatic heterocycles. The van der Waals surface area contributed by atoms with Crippen molar-refractivity contribution in [3.63, 3.8) is 0 Å². The largest absolute Gasteiger partial charge is 0.347 e.